The molecule has 1 amide bonds. The van der Waals surface area contributed by atoms with Crippen LogP contribution in [-0.2, 0) is 23.3 Å². The van der Waals surface area contributed by atoms with Crippen molar-refractivity contribution in [1.82, 2.24) is 0 Å². The Bertz CT molecular complexity index is 950. The Balaban J connectivity index is 1.73. The molecule has 0 fully saturated rings. The topological polar surface area (TPSA) is 73.9 Å². The van der Waals surface area contributed by atoms with Gasteiger partial charge in [-0.25, -0.2) is 0 Å². The van der Waals surface area contributed by atoms with Gasteiger partial charge in [0, 0.05) is 12.0 Å². The maximum Gasteiger partial charge on any atom is 0.280 e. The van der Waals surface area contributed by atoms with Crippen molar-refractivity contribution in [3.8, 4) is 6.07 Å². The average molecular weight is 413 g/mol. The number of quaternary nitrogens is 2. The number of carbonyl (C=O) groups is 1. The molecule has 29 heavy (non-hydrogen) atoms. The molecule has 0 bridgehead atoms. The summed E-state index contributed by atoms with van der Waals surface area (Å²) in [6.07, 6.45) is 0.833. The zero-order valence-electron chi connectivity index (χ0n) is 18.3. The van der Waals surface area contributed by atoms with Crippen LogP contribution in [0.2, 0.25) is 0 Å². The third kappa shape index (κ3) is 4.87. The predicted octanol–water partition coefficient (Wildman–Crippen LogP) is 1.71. The van der Waals surface area contributed by atoms with Crippen molar-refractivity contribution in [2.75, 3.05) is 18.9 Å². The van der Waals surface area contributed by atoms with Gasteiger partial charge < -0.3 is 15.5 Å². The summed E-state index contributed by atoms with van der Waals surface area (Å²) >= 11 is 1.56. The van der Waals surface area contributed by atoms with Crippen molar-refractivity contribution in [2.45, 2.75) is 58.7 Å². The van der Waals surface area contributed by atoms with E-state index in [-0.39, 0.29) is 17.0 Å². The van der Waals surface area contributed by atoms with E-state index >= 15 is 0 Å². The number of nitrogens with zero attached hydrogens (tertiary/aromatic N) is 1. The molecule has 1 aromatic carbocycles. The van der Waals surface area contributed by atoms with Gasteiger partial charge in [0.25, 0.3) is 5.91 Å². The number of benzene rings is 1. The molecule has 6 heteroatoms. The van der Waals surface area contributed by atoms with Crippen molar-refractivity contribution in [1.29, 1.82) is 5.26 Å². The molecule has 0 saturated carbocycles. The van der Waals surface area contributed by atoms with Crippen molar-refractivity contribution < 1.29 is 15.0 Å². The van der Waals surface area contributed by atoms with E-state index in [1.807, 2.05) is 7.05 Å². The Labute approximate surface area is 177 Å². The van der Waals surface area contributed by atoms with Crippen LogP contribution >= 0.6 is 11.3 Å². The number of aryl methyl sites for hydroxylation is 1. The first-order chi connectivity index (χ1) is 13.5. The van der Waals surface area contributed by atoms with E-state index < -0.39 is 0 Å². The Kier molecular flexibility index (Phi) is 5.86. The molecule has 2 aromatic rings. The second kappa shape index (κ2) is 7.91. The highest BCUT2D eigenvalue weighted by Gasteiger charge is 2.44. The van der Waals surface area contributed by atoms with Crippen LogP contribution < -0.4 is 15.5 Å². The highest BCUT2D eigenvalue weighted by molar-refractivity contribution is 7.16. The number of carbonyl (C=O) groups excluding carboxylic acids is 1. The van der Waals surface area contributed by atoms with Crippen LogP contribution in [0.15, 0.2) is 24.3 Å². The van der Waals surface area contributed by atoms with E-state index in [9.17, 15) is 10.1 Å². The molecule has 0 saturated heterocycles. The van der Waals surface area contributed by atoms with Crippen molar-refractivity contribution in [3.05, 3.63) is 51.4 Å². The number of amides is 1. The lowest BCUT2D eigenvalue weighted by atomic mass is 9.81. The second-order valence-corrected chi connectivity index (χ2v) is 10.6. The van der Waals surface area contributed by atoms with Crippen LogP contribution in [0.3, 0.4) is 0 Å². The number of rotatable bonds is 5. The second-order valence-electron chi connectivity index (χ2n) is 9.60. The first-order valence-electron chi connectivity index (χ1n) is 10.1. The van der Waals surface area contributed by atoms with Crippen LogP contribution in [0.1, 0.15) is 54.8 Å². The molecule has 1 unspecified atom stereocenters. The zero-order valence-corrected chi connectivity index (χ0v) is 19.1. The summed E-state index contributed by atoms with van der Waals surface area (Å²) in [5.41, 5.74) is 4.12. The Morgan fingerprint density at radius 3 is 2.55 bits per heavy atom. The molecular weight excluding hydrogens is 380 g/mol. The SMILES string of the molecule is Cc1ccc(C[NH+](C)CC(=O)Nc2sc3c(c2C#N)CC(C)(C)[NH2+]C3(C)C)cc1. The van der Waals surface area contributed by atoms with Crippen molar-refractivity contribution >= 4 is 22.2 Å². The number of likely N-dealkylation sites (N-methyl/N-ethyl adjacent to an activating group) is 1. The minimum Gasteiger partial charge on any atom is -0.333 e. The first kappa shape index (κ1) is 21.5. The lowest BCUT2D eigenvalue weighted by Crippen LogP contribution is -3.08. The van der Waals surface area contributed by atoms with Gasteiger partial charge in [-0.15, -0.1) is 11.3 Å². The number of hydrogen-bond donors (Lipinski definition) is 3. The minimum atomic E-state index is -0.107. The fraction of sp³-hybridized carbons (Fsp3) is 0.478. The summed E-state index contributed by atoms with van der Waals surface area (Å²) in [4.78, 5) is 15.0. The van der Waals surface area contributed by atoms with E-state index in [1.54, 1.807) is 11.3 Å². The van der Waals surface area contributed by atoms with Gasteiger partial charge in [-0.3, -0.25) is 4.79 Å². The van der Waals surface area contributed by atoms with Gasteiger partial charge in [0.2, 0.25) is 0 Å². The van der Waals surface area contributed by atoms with Gasteiger partial charge in [0.1, 0.15) is 23.2 Å². The molecule has 154 valence electrons. The lowest BCUT2D eigenvalue weighted by molar-refractivity contribution is -0.885. The molecule has 1 atom stereocenters. The molecule has 3 rings (SSSR count). The molecule has 0 spiro atoms. The van der Waals surface area contributed by atoms with Crippen LogP contribution in [0.5, 0.6) is 0 Å². The molecule has 4 N–H and O–H groups in total. The lowest BCUT2D eigenvalue weighted by Gasteiger charge is -2.38. The minimum absolute atomic E-state index is 0.0306. The van der Waals surface area contributed by atoms with Gasteiger partial charge in [-0.05, 0) is 40.2 Å². The summed E-state index contributed by atoms with van der Waals surface area (Å²) in [6.45, 7) is 12.0. The zero-order chi connectivity index (χ0) is 21.4. The maximum absolute atomic E-state index is 12.7. The number of hydrogen-bond acceptors (Lipinski definition) is 3. The third-order valence-electron chi connectivity index (χ3n) is 5.43. The Hall–Kier alpha value is -2.20. The normalized spacial score (nSPS) is 17.8. The average Bonchev–Trinajstić information content (AvgIpc) is 2.92. The van der Waals surface area contributed by atoms with Gasteiger partial charge in [0.15, 0.2) is 6.54 Å². The predicted molar refractivity (Wildman–Crippen MR) is 117 cm³/mol. The van der Waals surface area contributed by atoms with E-state index in [4.69, 9.17) is 0 Å². The molecule has 1 aliphatic heterocycles. The van der Waals surface area contributed by atoms with Crippen LogP contribution in [-0.4, -0.2) is 25.0 Å². The summed E-state index contributed by atoms with van der Waals surface area (Å²) in [6, 6.07) is 10.8. The highest BCUT2D eigenvalue weighted by Crippen LogP contribution is 2.41. The van der Waals surface area contributed by atoms with Crippen LogP contribution in [0, 0.1) is 18.3 Å². The number of anilines is 1. The standard InChI is InChI=1S/C23H30N4OS/c1-15-7-9-16(10-8-15)13-27(6)14-19(28)25-21-18(12-24)17-11-22(2,3)26-23(4,5)20(17)29-21/h7-10,26H,11,13-14H2,1-6H3,(H,25,28)/p+2. The molecule has 5 nitrogen and oxygen atoms in total. The van der Waals surface area contributed by atoms with E-state index in [2.05, 4.69) is 75.6 Å². The molecule has 0 aliphatic carbocycles. The number of nitriles is 1. The van der Waals surface area contributed by atoms with Crippen molar-refractivity contribution in [3.63, 3.8) is 0 Å². The molecule has 1 aliphatic rings. The fourth-order valence-corrected chi connectivity index (χ4v) is 5.73. The molecule has 0 radical (unpaired) electrons. The van der Waals surface area contributed by atoms with E-state index in [1.165, 1.54) is 16.0 Å². The van der Waals surface area contributed by atoms with Crippen LogP contribution in [0.25, 0.3) is 0 Å². The van der Waals surface area contributed by atoms with E-state index in [0.29, 0.717) is 17.1 Å². The van der Waals surface area contributed by atoms with Crippen LogP contribution in [0.4, 0.5) is 5.00 Å². The monoisotopic (exact) mass is 412 g/mol. The summed E-state index contributed by atoms with van der Waals surface area (Å²) in [5, 5.41) is 15.9. The molecular formula is C23H32N4OS+2. The summed E-state index contributed by atoms with van der Waals surface area (Å²) in [5.74, 6) is -0.0502. The number of nitrogens with two attached hydrogens (primary N) is 1. The third-order valence-corrected chi connectivity index (χ3v) is 6.92. The largest absolute Gasteiger partial charge is 0.333 e. The van der Waals surface area contributed by atoms with Gasteiger partial charge >= 0.3 is 0 Å². The smallest absolute Gasteiger partial charge is 0.280 e. The van der Waals surface area contributed by atoms with Gasteiger partial charge in [-0.1, -0.05) is 29.8 Å². The number of fused-ring (bicyclic) bond motifs is 1. The number of nitrogens with one attached hydrogen (secondary N) is 2. The van der Waals surface area contributed by atoms with Gasteiger partial charge in [0.05, 0.1) is 23.0 Å². The fourth-order valence-electron chi connectivity index (χ4n) is 4.47. The summed E-state index contributed by atoms with van der Waals surface area (Å²) < 4.78 is 0. The van der Waals surface area contributed by atoms with E-state index in [0.717, 1.165) is 23.4 Å². The van der Waals surface area contributed by atoms with Crippen molar-refractivity contribution in [2.24, 2.45) is 0 Å². The maximum atomic E-state index is 12.7. The Morgan fingerprint density at radius 2 is 1.93 bits per heavy atom. The quantitative estimate of drug-likeness (QED) is 0.700. The molecule has 1 aromatic heterocycles. The highest BCUT2D eigenvalue weighted by atomic mass is 32.1. The molecule has 2 heterocycles. The van der Waals surface area contributed by atoms with Gasteiger partial charge in [-0.2, -0.15) is 5.26 Å². The first-order valence-corrected chi connectivity index (χ1v) is 10.9. The Morgan fingerprint density at radius 1 is 1.28 bits per heavy atom. The summed E-state index contributed by atoms with van der Waals surface area (Å²) in [7, 11) is 2.02. The number of thiophene rings is 1.